The van der Waals surface area contributed by atoms with Gasteiger partial charge in [-0.2, -0.15) is 5.26 Å². The number of hydrogen-bond acceptors (Lipinski definition) is 6. The van der Waals surface area contributed by atoms with Gasteiger partial charge < -0.3 is 9.52 Å². The largest absolute Gasteiger partial charge is 0.447 e. The zero-order chi connectivity index (χ0) is 19.2. The Bertz CT molecular complexity index is 916. The average Bonchev–Trinajstić information content (AvgIpc) is 3.38. The van der Waals surface area contributed by atoms with Crippen LogP contribution in [0.5, 0.6) is 0 Å². The lowest BCUT2D eigenvalue weighted by atomic mass is 9.95. The van der Waals surface area contributed by atoms with Gasteiger partial charge in [-0.05, 0) is 37.5 Å². The van der Waals surface area contributed by atoms with Crippen molar-refractivity contribution in [3.8, 4) is 6.07 Å². The zero-order valence-corrected chi connectivity index (χ0v) is 15.6. The Morgan fingerprint density at radius 3 is 2.81 bits per heavy atom. The number of carbonyl (C=O) groups is 1. The van der Waals surface area contributed by atoms with Gasteiger partial charge in [0.1, 0.15) is 17.4 Å². The second-order valence-electron chi connectivity index (χ2n) is 7.04. The number of benzene rings is 1. The van der Waals surface area contributed by atoms with E-state index in [0.717, 1.165) is 12.8 Å². The highest BCUT2D eigenvalue weighted by Gasteiger charge is 2.58. The van der Waals surface area contributed by atoms with Gasteiger partial charge in [0.25, 0.3) is 5.91 Å². The summed E-state index contributed by atoms with van der Waals surface area (Å²) in [6.45, 7) is 2.03. The van der Waals surface area contributed by atoms with Crippen molar-refractivity contribution in [2.24, 2.45) is 0 Å². The SMILES string of the molecule is Cc1c(N2C(=O)C3(CCCC3)N(Cc3cnco3)C2O)ccc(C#N)c1Cl. The number of aliphatic hydroxyl groups is 1. The number of hydrogen-bond donors (Lipinski definition) is 1. The number of rotatable bonds is 3. The lowest BCUT2D eigenvalue weighted by molar-refractivity contribution is -0.125. The quantitative estimate of drug-likeness (QED) is 0.871. The van der Waals surface area contributed by atoms with Crippen LogP contribution in [0.1, 0.15) is 42.6 Å². The Morgan fingerprint density at radius 2 is 2.19 bits per heavy atom. The molecule has 1 aliphatic heterocycles. The Labute approximate surface area is 161 Å². The molecule has 2 heterocycles. The highest BCUT2D eigenvalue weighted by molar-refractivity contribution is 6.33. The average molecular weight is 387 g/mol. The predicted molar refractivity (Wildman–Crippen MR) is 97.6 cm³/mol. The summed E-state index contributed by atoms with van der Waals surface area (Å²) in [6, 6.07) is 5.28. The van der Waals surface area contributed by atoms with Gasteiger partial charge in [-0.1, -0.05) is 24.4 Å². The Hall–Kier alpha value is -2.40. The Kier molecular flexibility index (Phi) is 4.42. The van der Waals surface area contributed by atoms with Crippen molar-refractivity contribution in [2.45, 2.75) is 51.0 Å². The van der Waals surface area contributed by atoms with Crippen LogP contribution in [0.25, 0.3) is 0 Å². The van der Waals surface area contributed by atoms with Crippen molar-refractivity contribution in [1.29, 1.82) is 5.26 Å². The van der Waals surface area contributed by atoms with Crippen LogP contribution >= 0.6 is 11.6 Å². The first-order valence-electron chi connectivity index (χ1n) is 8.84. The smallest absolute Gasteiger partial charge is 0.250 e. The van der Waals surface area contributed by atoms with Gasteiger partial charge in [0.05, 0.1) is 29.0 Å². The van der Waals surface area contributed by atoms with Gasteiger partial charge in [0, 0.05) is 0 Å². The number of anilines is 1. The summed E-state index contributed by atoms with van der Waals surface area (Å²) >= 11 is 6.30. The van der Waals surface area contributed by atoms with Crippen LogP contribution in [0, 0.1) is 18.3 Å². The number of nitriles is 1. The molecule has 2 aliphatic rings. The number of aliphatic hydroxyl groups excluding tert-OH is 1. The number of oxazole rings is 1. The number of nitrogens with zero attached hydrogens (tertiary/aromatic N) is 4. The molecule has 1 aromatic heterocycles. The number of halogens is 1. The molecular formula is C19H19ClN4O3. The minimum Gasteiger partial charge on any atom is -0.447 e. The molecule has 1 aliphatic carbocycles. The van der Waals surface area contributed by atoms with E-state index in [-0.39, 0.29) is 12.5 Å². The van der Waals surface area contributed by atoms with Gasteiger partial charge in [-0.3, -0.25) is 9.69 Å². The molecule has 27 heavy (non-hydrogen) atoms. The maximum absolute atomic E-state index is 13.5. The summed E-state index contributed by atoms with van der Waals surface area (Å²) < 4.78 is 5.34. The van der Waals surface area contributed by atoms with E-state index in [1.54, 1.807) is 30.2 Å². The van der Waals surface area contributed by atoms with Crippen molar-refractivity contribution >= 4 is 23.2 Å². The molecule has 1 atom stereocenters. The van der Waals surface area contributed by atoms with Crippen LogP contribution < -0.4 is 4.90 Å². The fourth-order valence-corrected chi connectivity index (χ4v) is 4.45. The Balaban J connectivity index is 1.78. The van der Waals surface area contributed by atoms with E-state index in [1.807, 2.05) is 6.07 Å². The maximum atomic E-state index is 13.5. The van der Waals surface area contributed by atoms with Gasteiger partial charge in [-0.25, -0.2) is 9.88 Å². The maximum Gasteiger partial charge on any atom is 0.250 e. The van der Waals surface area contributed by atoms with E-state index in [1.165, 1.54) is 11.3 Å². The molecule has 1 spiro atoms. The molecule has 1 N–H and O–H groups in total. The molecule has 2 aromatic rings. The summed E-state index contributed by atoms with van der Waals surface area (Å²) in [4.78, 5) is 20.6. The summed E-state index contributed by atoms with van der Waals surface area (Å²) in [5.74, 6) is 0.445. The molecule has 1 saturated carbocycles. The Morgan fingerprint density at radius 1 is 1.44 bits per heavy atom. The first kappa shape index (κ1) is 18.0. The van der Waals surface area contributed by atoms with Gasteiger partial charge >= 0.3 is 0 Å². The molecule has 8 heteroatoms. The normalized spacial score (nSPS) is 21.9. The second-order valence-corrected chi connectivity index (χ2v) is 7.42. The van der Waals surface area contributed by atoms with E-state index in [0.29, 0.717) is 40.4 Å². The first-order chi connectivity index (χ1) is 13.0. The van der Waals surface area contributed by atoms with Crippen LogP contribution in [-0.2, 0) is 11.3 Å². The van der Waals surface area contributed by atoms with Crippen LogP contribution in [0.2, 0.25) is 5.02 Å². The van der Waals surface area contributed by atoms with Crippen molar-refractivity contribution in [1.82, 2.24) is 9.88 Å². The summed E-state index contributed by atoms with van der Waals surface area (Å²) in [5.41, 5.74) is 0.688. The van der Waals surface area contributed by atoms with Crippen LogP contribution in [0.4, 0.5) is 5.69 Å². The third kappa shape index (κ3) is 2.64. The predicted octanol–water partition coefficient (Wildman–Crippen LogP) is 2.95. The molecule has 2 fully saturated rings. The molecule has 1 aromatic carbocycles. The van der Waals surface area contributed by atoms with Gasteiger partial charge in [-0.15, -0.1) is 0 Å². The third-order valence-corrected chi connectivity index (χ3v) is 6.14. The van der Waals surface area contributed by atoms with Gasteiger partial charge in [0.15, 0.2) is 12.7 Å². The fourth-order valence-electron chi connectivity index (χ4n) is 4.25. The molecule has 1 unspecified atom stereocenters. The lowest BCUT2D eigenvalue weighted by Crippen LogP contribution is -2.48. The fraction of sp³-hybridized carbons (Fsp3) is 0.421. The number of aromatic nitrogens is 1. The van der Waals surface area contributed by atoms with Crippen molar-refractivity contribution in [2.75, 3.05) is 4.90 Å². The molecule has 7 nitrogen and oxygen atoms in total. The first-order valence-corrected chi connectivity index (χ1v) is 9.22. The van der Waals surface area contributed by atoms with Gasteiger partial charge in [0.2, 0.25) is 0 Å². The summed E-state index contributed by atoms with van der Waals surface area (Å²) in [6.07, 6.45) is 4.98. The molecule has 4 rings (SSSR count). The van der Waals surface area contributed by atoms with Crippen molar-refractivity contribution in [3.63, 3.8) is 0 Å². The van der Waals surface area contributed by atoms with E-state index in [2.05, 4.69) is 4.98 Å². The molecule has 1 saturated heterocycles. The zero-order valence-electron chi connectivity index (χ0n) is 14.9. The minimum atomic E-state index is -1.15. The molecule has 140 valence electrons. The molecule has 1 amide bonds. The van der Waals surface area contributed by atoms with Crippen LogP contribution in [-0.4, -0.2) is 32.8 Å². The van der Waals surface area contributed by atoms with E-state index >= 15 is 0 Å². The monoisotopic (exact) mass is 386 g/mol. The topological polar surface area (TPSA) is 93.6 Å². The van der Waals surface area contributed by atoms with E-state index < -0.39 is 11.9 Å². The molecule has 0 radical (unpaired) electrons. The second kappa shape index (κ2) is 6.64. The van der Waals surface area contributed by atoms with E-state index in [9.17, 15) is 9.90 Å². The van der Waals surface area contributed by atoms with Crippen LogP contribution in [0.3, 0.4) is 0 Å². The molecule has 0 bridgehead atoms. The number of amides is 1. The van der Waals surface area contributed by atoms with Crippen molar-refractivity contribution in [3.05, 3.63) is 46.6 Å². The van der Waals surface area contributed by atoms with Crippen LogP contribution in [0.15, 0.2) is 29.1 Å². The standard InChI is InChI=1S/C19H19ClN4O3/c1-12-15(5-4-13(8-21)16(12)20)24-17(25)19(6-2-3-7-19)23(18(24)26)10-14-9-22-11-27-14/h4-5,9,11,18,26H,2-3,6-7,10H2,1H3. The lowest BCUT2D eigenvalue weighted by Gasteiger charge is -2.32. The van der Waals surface area contributed by atoms with E-state index in [4.69, 9.17) is 21.3 Å². The summed E-state index contributed by atoms with van der Waals surface area (Å²) in [5, 5.41) is 20.6. The van der Waals surface area contributed by atoms with Crippen molar-refractivity contribution < 1.29 is 14.3 Å². The molecular weight excluding hydrogens is 368 g/mol. The minimum absolute atomic E-state index is 0.143. The summed E-state index contributed by atoms with van der Waals surface area (Å²) in [7, 11) is 0. The number of carbonyl (C=O) groups excluding carboxylic acids is 1. The highest BCUT2D eigenvalue weighted by atomic mass is 35.5. The highest BCUT2D eigenvalue weighted by Crippen LogP contribution is 2.46. The third-order valence-electron chi connectivity index (χ3n) is 5.65.